The lowest BCUT2D eigenvalue weighted by Gasteiger charge is -2.41. The summed E-state index contributed by atoms with van der Waals surface area (Å²) < 4.78 is 0. The maximum atomic E-state index is 6.19. The van der Waals surface area contributed by atoms with E-state index < -0.39 is 0 Å². The van der Waals surface area contributed by atoms with Gasteiger partial charge in [-0.2, -0.15) is 0 Å². The molecule has 0 amide bonds. The van der Waals surface area contributed by atoms with Crippen LogP contribution >= 0.6 is 11.3 Å². The molecule has 1 atom stereocenters. The molecule has 0 bridgehead atoms. The standard InChI is InChI=1S/C16H29N3S/c1-3-19-10-5-8-16(14-17,9-12-19)18(2)11-7-15-6-4-13-20-15/h4,6,13H,3,5,7-12,14,17H2,1-2H3. The first kappa shape index (κ1) is 16.0. The molecule has 1 fully saturated rings. The van der Waals surface area contributed by atoms with Crippen LogP contribution < -0.4 is 5.73 Å². The van der Waals surface area contributed by atoms with E-state index in [9.17, 15) is 0 Å². The zero-order valence-electron chi connectivity index (χ0n) is 13.0. The van der Waals surface area contributed by atoms with Crippen molar-refractivity contribution in [1.29, 1.82) is 0 Å². The molecule has 2 rings (SSSR count). The van der Waals surface area contributed by atoms with E-state index >= 15 is 0 Å². The topological polar surface area (TPSA) is 32.5 Å². The van der Waals surface area contributed by atoms with Crippen molar-refractivity contribution in [2.45, 2.75) is 38.1 Å². The maximum Gasteiger partial charge on any atom is 0.0341 e. The minimum atomic E-state index is 0.210. The van der Waals surface area contributed by atoms with Gasteiger partial charge >= 0.3 is 0 Å². The molecule has 1 aromatic heterocycles. The smallest absolute Gasteiger partial charge is 0.0341 e. The van der Waals surface area contributed by atoms with Crippen LogP contribution in [0, 0.1) is 0 Å². The monoisotopic (exact) mass is 295 g/mol. The molecule has 0 aliphatic carbocycles. The summed E-state index contributed by atoms with van der Waals surface area (Å²) in [6.45, 7) is 7.75. The Bertz CT molecular complexity index is 379. The van der Waals surface area contributed by atoms with Gasteiger partial charge in [0, 0.05) is 23.5 Å². The number of nitrogens with two attached hydrogens (primary N) is 1. The van der Waals surface area contributed by atoms with Gasteiger partial charge in [-0.3, -0.25) is 4.90 Å². The number of likely N-dealkylation sites (N-methyl/N-ethyl adjacent to an activating group) is 1. The van der Waals surface area contributed by atoms with E-state index in [0.717, 1.165) is 19.5 Å². The quantitative estimate of drug-likeness (QED) is 0.875. The Hall–Kier alpha value is -0.420. The molecular formula is C16H29N3S. The molecule has 1 aromatic rings. The average Bonchev–Trinajstić information content (AvgIpc) is 2.90. The van der Waals surface area contributed by atoms with Crippen LogP contribution in [0.2, 0.25) is 0 Å². The van der Waals surface area contributed by atoms with E-state index in [-0.39, 0.29) is 5.54 Å². The third-order valence-corrected chi connectivity index (χ3v) is 5.86. The van der Waals surface area contributed by atoms with Gasteiger partial charge in [-0.15, -0.1) is 11.3 Å². The molecule has 1 saturated heterocycles. The van der Waals surface area contributed by atoms with Crippen molar-refractivity contribution in [2.24, 2.45) is 5.73 Å². The summed E-state index contributed by atoms with van der Waals surface area (Å²) in [6, 6.07) is 4.38. The Balaban J connectivity index is 1.94. The number of hydrogen-bond acceptors (Lipinski definition) is 4. The van der Waals surface area contributed by atoms with Crippen molar-refractivity contribution >= 4 is 11.3 Å². The summed E-state index contributed by atoms with van der Waals surface area (Å²) in [6.07, 6.45) is 4.86. The minimum absolute atomic E-state index is 0.210. The van der Waals surface area contributed by atoms with Crippen LogP contribution in [-0.2, 0) is 6.42 Å². The number of likely N-dealkylation sites (tertiary alicyclic amines) is 1. The molecule has 0 saturated carbocycles. The van der Waals surface area contributed by atoms with Gasteiger partial charge in [-0.05, 0) is 63.8 Å². The lowest BCUT2D eigenvalue weighted by molar-refractivity contribution is 0.108. The van der Waals surface area contributed by atoms with Gasteiger partial charge in [0.05, 0.1) is 0 Å². The van der Waals surface area contributed by atoms with Gasteiger partial charge in [0.1, 0.15) is 0 Å². The summed E-state index contributed by atoms with van der Waals surface area (Å²) >= 11 is 1.86. The number of hydrogen-bond donors (Lipinski definition) is 1. The molecule has 0 aromatic carbocycles. The lowest BCUT2D eigenvalue weighted by Crippen LogP contribution is -2.53. The third kappa shape index (κ3) is 3.82. The van der Waals surface area contributed by atoms with E-state index in [2.05, 4.69) is 41.3 Å². The fourth-order valence-corrected chi connectivity index (χ4v) is 3.96. The number of rotatable bonds is 6. The highest BCUT2D eigenvalue weighted by atomic mass is 32.1. The van der Waals surface area contributed by atoms with Gasteiger partial charge < -0.3 is 10.6 Å². The third-order valence-electron chi connectivity index (χ3n) is 4.92. The van der Waals surface area contributed by atoms with Crippen LogP contribution in [0.1, 0.15) is 31.1 Å². The Labute approximate surface area is 127 Å². The minimum Gasteiger partial charge on any atom is -0.329 e. The maximum absolute atomic E-state index is 6.19. The van der Waals surface area contributed by atoms with E-state index in [1.165, 1.54) is 43.8 Å². The SMILES string of the molecule is CCN1CCCC(CN)(N(C)CCc2cccs2)CC1. The first-order valence-electron chi connectivity index (χ1n) is 7.86. The first-order valence-corrected chi connectivity index (χ1v) is 8.74. The van der Waals surface area contributed by atoms with Crippen molar-refractivity contribution in [3.05, 3.63) is 22.4 Å². The molecule has 3 nitrogen and oxygen atoms in total. The van der Waals surface area contributed by atoms with Gasteiger partial charge in [-0.1, -0.05) is 13.0 Å². The van der Waals surface area contributed by atoms with Crippen LogP contribution in [0.25, 0.3) is 0 Å². The Kier molecular flexibility index (Phi) is 6.02. The number of nitrogens with zero attached hydrogens (tertiary/aromatic N) is 2. The van der Waals surface area contributed by atoms with Gasteiger partial charge in [0.2, 0.25) is 0 Å². The average molecular weight is 295 g/mol. The van der Waals surface area contributed by atoms with Crippen LogP contribution in [0.5, 0.6) is 0 Å². The largest absolute Gasteiger partial charge is 0.329 e. The summed E-state index contributed by atoms with van der Waals surface area (Å²) in [5, 5.41) is 2.17. The fraction of sp³-hybridized carbons (Fsp3) is 0.750. The van der Waals surface area contributed by atoms with Gasteiger partial charge in [-0.25, -0.2) is 0 Å². The fourth-order valence-electron chi connectivity index (χ4n) is 3.26. The second-order valence-electron chi connectivity index (χ2n) is 5.97. The van der Waals surface area contributed by atoms with E-state index in [0.29, 0.717) is 0 Å². The highest BCUT2D eigenvalue weighted by Gasteiger charge is 2.34. The first-order chi connectivity index (χ1) is 9.70. The second kappa shape index (κ2) is 7.55. The highest BCUT2D eigenvalue weighted by Crippen LogP contribution is 2.27. The van der Waals surface area contributed by atoms with Crippen molar-refractivity contribution in [3.8, 4) is 0 Å². The molecular weight excluding hydrogens is 266 g/mol. The number of thiophene rings is 1. The Morgan fingerprint density at radius 3 is 2.90 bits per heavy atom. The Morgan fingerprint density at radius 2 is 2.25 bits per heavy atom. The van der Waals surface area contributed by atoms with Gasteiger partial charge in [0.15, 0.2) is 0 Å². The van der Waals surface area contributed by atoms with Crippen LogP contribution in [0.4, 0.5) is 0 Å². The molecule has 1 unspecified atom stereocenters. The zero-order valence-corrected chi connectivity index (χ0v) is 13.8. The Morgan fingerprint density at radius 1 is 1.40 bits per heavy atom. The van der Waals surface area contributed by atoms with Crippen LogP contribution in [-0.4, -0.2) is 55.1 Å². The van der Waals surface area contributed by atoms with Gasteiger partial charge in [0.25, 0.3) is 0 Å². The lowest BCUT2D eigenvalue weighted by atomic mass is 9.88. The van der Waals surface area contributed by atoms with E-state index in [4.69, 9.17) is 5.73 Å². The van der Waals surface area contributed by atoms with Crippen molar-refractivity contribution in [1.82, 2.24) is 9.80 Å². The molecule has 0 spiro atoms. The predicted octanol–water partition coefficient (Wildman–Crippen LogP) is 2.43. The molecule has 114 valence electrons. The zero-order chi connectivity index (χ0) is 14.4. The summed E-state index contributed by atoms with van der Waals surface area (Å²) in [5.41, 5.74) is 6.40. The highest BCUT2D eigenvalue weighted by molar-refractivity contribution is 7.09. The molecule has 4 heteroatoms. The van der Waals surface area contributed by atoms with Crippen LogP contribution in [0.15, 0.2) is 17.5 Å². The summed E-state index contributed by atoms with van der Waals surface area (Å²) in [4.78, 5) is 6.57. The second-order valence-corrected chi connectivity index (χ2v) is 7.00. The normalized spacial score (nSPS) is 25.0. The molecule has 2 N–H and O–H groups in total. The molecule has 0 radical (unpaired) electrons. The van der Waals surface area contributed by atoms with E-state index in [1.54, 1.807) is 0 Å². The molecule has 1 aliphatic rings. The van der Waals surface area contributed by atoms with Crippen molar-refractivity contribution < 1.29 is 0 Å². The van der Waals surface area contributed by atoms with Crippen molar-refractivity contribution in [2.75, 3.05) is 39.8 Å². The van der Waals surface area contributed by atoms with Crippen LogP contribution in [0.3, 0.4) is 0 Å². The van der Waals surface area contributed by atoms with Crippen molar-refractivity contribution in [3.63, 3.8) is 0 Å². The summed E-state index contributed by atoms with van der Waals surface area (Å²) in [7, 11) is 2.27. The molecule has 2 heterocycles. The summed E-state index contributed by atoms with van der Waals surface area (Å²) in [5.74, 6) is 0. The molecule has 1 aliphatic heterocycles. The molecule has 20 heavy (non-hydrogen) atoms. The predicted molar refractivity (Wildman–Crippen MR) is 88.4 cm³/mol. The van der Waals surface area contributed by atoms with E-state index in [1.807, 2.05) is 11.3 Å².